The number of nitrogens with zero attached hydrogens (tertiary/aromatic N) is 1. The lowest BCUT2D eigenvalue weighted by Crippen LogP contribution is -2.60. The number of hydrogen-bond acceptors (Lipinski definition) is 6. The Hall–Kier alpha value is -2.32. The van der Waals surface area contributed by atoms with Crippen molar-refractivity contribution in [3.8, 4) is 0 Å². The van der Waals surface area contributed by atoms with Crippen molar-refractivity contribution < 1.29 is 28.7 Å². The van der Waals surface area contributed by atoms with E-state index in [1.807, 2.05) is 0 Å². The van der Waals surface area contributed by atoms with Crippen LogP contribution in [-0.2, 0) is 23.9 Å². The van der Waals surface area contributed by atoms with Crippen LogP contribution in [0.15, 0.2) is 0 Å². The van der Waals surface area contributed by atoms with Crippen LogP contribution in [0.1, 0.15) is 59.8 Å². The number of amides is 3. The van der Waals surface area contributed by atoms with Gasteiger partial charge in [-0.3, -0.25) is 9.59 Å². The van der Waals surface area contributed by atoms with Crippen LogP contribution in [0.5, 0.6) is 0 Å². The highest BCUT2D eigenvalue weighted by molar-refractivity contribution is 5.94. The zero-order chi connectivity index (χ0) is 21.1. The van der Waals surface area contributed by atoms with Crippen LogP contribution in [0, 0.1) is 0 Å². The Balaban J connectivity index is 1.99. The smallest absolute Gasteiger partial charge is 0.408 e. The Morgan fingerprint density at radius 2 is 1.82 bits per heavy atom. The number of esters is 1. The Labute approximate surface area is 165 Å². The zero-order valence-corrected chi connectivity index (χ0v) is 17.2. The van der Waals surface area contributed by atoms with Crippen molar-refractivity contribution in [1.82, 2.24) is 15.5 Å². The Bertz CT molecular complexity index is 630. The number of fused-ring (bicyclic) bond motifs is 1. The van der Waals surface area contributed by atoms with Gasteiger partial charge in [-0.2, -0.15) is 0 Å². The summed E-state index contributed by atoms with van der Waals surface area (Å²) >= 11 is 0. The zero-order valence-electron chi connectivity index (χ0n) is 17.2. The van der Waals surface area contributed by atoms with Gasteiger partial charge < -0.3 is 25.0 Å². The Morgan fingerprint density at radius 1 is 1.18 bits per heavy atom. The number of alkyl carbamates (subject to hydrolysis) is 1. The van der Waals surface area contributed by atoms with Crippen molar-refractivity contribution in [3.63, 3.8) is 0 Å². The molecule has 9 nitrogen and oxygen atoms in total. The first-order valence-corrected chi connectivity index (χ1v) is 9.77. The van der Waals surface area contributed by atoms with E-state index in [2.05, 4.69) is 10.6 Å². The average molecular weight is 397 g/mol. The van der Waals surface area contributed by atoms with Crippen LogP contribution in [-0.4, -0.2) is 65.7 Å². The van der Waals surface area contributed by atoms with Gasteiger partial charge in [0.15, 0.2) is 0 Å². The molecule has 0 bridgehead atoms. The Morgan fingerprint density at radius 3 is 2.39 bits per heavy atom. The maximum Gasteiger partial charge on any atom is 0.408 e. The van der Waals surface area contributed by atoms with Gasteiger partial charge in [0.05, 0.1) is 7.11 Å². The van der Waals surface area contributed by atoms with Crippen LogP contribution < -0.4 is 10.6 Å². The molecular formula is C19H31N3O6. The predicted octanol–water partition coefficient (Wildman–Crippen LogP) is 1.10. The summed E-state index contributed by atoms with van der Waals surface area (Å²) in [6.07, 6.45) is 2.20. The highest BCUT2D eigenvalue weighted by Crippen LogP contribution is 2.33. The summed E-state index contributed by atoms with van der Waals surface area (Å²) in [6.45, 7) is 6.96. The fourth-order valence-electron chi connectivity index (χ4n) is 3.74. The van der Waals surface area contributed by atoms with Crippen LogP contribution in [0.2, 0.25) is 0 Å². The van der Waals surface area contributed by atoms with Crippen molar-refractivity contribution in [2.24, 2.45) is 0 Å². The third-order valence-electron chi connectivity index (χ3n) is 5.05. The summed E-state index contributed by atoms with van der Waals surface area (Å²) in [6, 6.07) is -2.12. The number of carbonyl (C=O) groups excluding carboxylic acids is 4. The number of methoxy groups -OCH3 is 1. The van der Waals surface area contributed by atoms with E-state index < -0.39 is 41.7 Å². The van der Waals surface area contributed by atoms with Gasteiger partial charge in [0.1, 0.15) is 23.7 Å². The molecule has 2 aliphatic heterocycles. The summed E-state index contributed by atoms with van der Waals surface area (Å²) in [5.41, 5.74) is -0.675. The fraction of sp³-hybridized carbons (Fsp3) is 0.789. The van der Waals surface area contributed by atoms with E-state index in [1.165, 1.54) is 7.11 Å². The number of hydrogen-bond donors (Lipinski definition) is 2. The quantitative estimate of drug-likeness (QED) is 0.672. The van der Waals surface area contributed by atoms with Gasteiger partial charge in [0.2, 0.25) is 11.8 Å². The molecule has 2 fully saturated rings. The van der Waals surface area contributed by atoms with Gasteiger partial charge in [0, 0.05) is 6.04 Å². The second kappa shape index (κ2) is 8.79. The highest BCUT2D eigenvalue weighted by atomic mass is 16.6. The van der Waals surface area contributed by atoms with Crippen LogP contribution in [0.3, 0.4) is 0 Å². The molecule has 2 N–H and O–H groups in total. The summed E-state index contributed by atoms with van der Waals surface area (Å²) in [7, 11) is 1.30. The topological polar surface area (TPSA) is 114 Å². The standard InChI is InChI=1S/C19H31N3O6/c1-6-12(21-18(26)28-19(2,3)4)15(23)20-13-9-7-11-8-10-14(17(25)27-5)22(11)16(13)24/h11-14H,6-10H2,1-5H3,(H,20,23)(H,21,26)/t11-,12+,13+,14+/m1/s1. The van der Waals surface area contributed by atoms with Gasteiger partial charge in [0.25, 0.3) is 0 Å². The highest BCUT2D eigenvalue weighted by Gasteiger charge is 2.47. The number of rotatable bonds is 5. The van der Waals surface area contributed by atoms with Gasteiger partial charge in [-0.05, 0) is 52.9 Å². The predicted molar refractivity (Wildman–Crippen MR) is 100 cm³/mol. The molecule has 0 radical (unpaired) electrons. The molecule has 2 saturated heterocycles. The first-order chi connectivity index (χ1) is 13.1. The third-order valence-corrected chi connectivity index (χ3v) is 5.05. The van der Waals surface area contributed by atoms with E-state index in [-0.39, 0.29) is 11.9 Å². The number of carbonyl (C=O) groups is 4. The molecule has 158 valence electrons. The lowest BCUT2D eigenvalue weighted by molar-refractivity contribution is -0.155. The van der Waals surface area contributed by atoms with Crippen molar-refractivity contribution in [2.75, 3.05) is 7.11 Å². The maximum atomic E-state index is 12.9. The maximum absolute atomic E-state index is 12.9. The molecule has 0 aliphatic carbocycles. The minimum atomic E-state index is -0.810. The average Bonchev–Trinajstić information content (AvgIpc) is 3.04. The second-order valence-electron chi connectivity index (χ2n) is 8.26. The molecule has 0 aromatic rings. The molecule has 0 aromatic heterocycles. The van der Waals surface area contributed by atoms with Crippen LogP contribution in [0.4, 0.5) is 4.79 Å². The van der Waals surface area contributed by atoms with E-state index in [4.69, 9.17) is 9.47 Å². The Kier molecular flexibility index (Phi) is 6.90. The molecule has 2 aliphatic rings. The minimum absolute atomic E-state index is 0.00612. The third kappa shape index (κ3) is 5.14. The lowest BCUT2D eigenvalue weighted by Gasteiger charge is -2.37. The van der Waals surface area contributed by atoms with Gasteiger partial charge in [-0.25, -0.2) is 9.59 Å². The first-order valence-electron chi connectivity index (χ1n) is 9.77. The number of nitrogens with one attached hydrogen (secondary N) is 2. The molecule has 0 unspecified atom stereocenters. The second-order valence-corrected chi connectivity index (χ2v) is 8.26. The molecule has 0 spiro atoms. The molecule has 3 amide bonds. The number of piperidine rings is 1. The molecule has 28 heavy (non-hydrogen) atoms. The van der Waals surface area contributed by atoms with Crippen molar-refractivity contribution in [2.45, 2.75) is 89.6 Å². The normalized spacial score (nSPS) is 25.5. The summed E-state index contributed by atoms with van der Waals surface area (Å²) in [4.78, 5) is 51.0. The summed E-state index contributed by atoms with van der Waals surface area (Å²) < 4.78 is 9.99. The monoisotopic (exact) mass is 397 g/mol. The fourth-order valence-corrected chi connectivity index (χ4v) is 3.74. The van der Waals surface area contributed by atoms with Gasteiger partial charge in [-0.15, -0.1) is 0 Å². The van der Waals surface area contributed by atoms with E-state index in [9.17, 15) is 19.2 Å². The largest absolute Gasteiger partial charge is 0.467 e. The molecular weight excluding hydrogens is 366 g/mol. The molecule has 2 rings (SSSR count). The number of ether oxygens (including phenoxy) is 2. The SMILES string of the molecule is CC[C@H](NC(=O)OC(C)(C)C)C(=O)N[C@H]1CC[C@@H]2CC[C@@H](C(=O)OC)N2C1=O. The molecule has 9 heteroatoms. The van der Waals surface area contributed by atoms with Crippen LogP contribution in [0.25, 0.3) is 0 Å². The first kappa shape index (κ1) is 22.0. The minimum Gasteiger partial charge on any atom is -0.467 e. The van der Waals surface area contributed by atoms with E-state index in [0.717, 1.165) is 6.42 Å². The van der Waals surface area contributed by atoms with Gasteiger partial charge in [-0.1, -0.05) is 6.92 Å². The lowest BCUT2D eigenvalue weighted by atomic mass is 9.97. The van der Waals surface area contributed by atoms with E-state index >= 15 is 0 Å². The molecule has 0 saturated carbocycles. The van der Waals surface area contributed by atoms with Gasteiger partial charge >= 0.3 is 12.1 Å². The van der Waals surface area contributed by atoms with Crippen molar-refractivity contribution in [1.29, 1.82) is 0 Å². The molecule has 0 aromatic carbocycles. The van der Waals surface area contributed by atoms with Crippen molar-refractivity contribution in [3.05, 3.63) is 0 Å². The molecule has 4 atom stereocenters. The summed E-state index contributed by atoms with van der Waals surface area (Å²) in [5.74, 6) is -1.15. The van der Waals surface area contributed by atoms with E-state index in [0.29, 0.717) is 25.7 Å². The summed E-state index contributed by atoms with van der Waals surface area (Å²) in [5, 5.41) is 5.26. The van der Waals surface area contributed by atoms with Crippen molar-refractivity contribution >= 4 is 23.9 Å². The van der Waals surface area contributed by atoms with E-state index in [1.54, 1.807) is 32.6 Å². The van der Waals surface area contributed by atoms with Crippen LogP contribution >= 0.6 is 0 Å². The molecule has 2 heterocycles.